The van der Waals surface area contributed by atoms with Crippen molar-refractivity contribution in [3.63, 3.8) is 0 Å². The number of aromatic nitrogens is 2. The summed E-state index contributed by atoms with van der Waals surface area (Å²) in [6.07, 6.45) is 1.23. The molecule has 2 atom stereocenters. The third kappa shape index (κ3) is 4.37. The summed E-state index contributed by atoms with van der Waals surface area (Å²) in [4.78, 5) is 25.4. The number of ether oxygens (including phenoxy) is 3. The number of carbonyl (C=O) groups is 2. The van der Waals surface area contributed by atoms with Crippen molar-refractivity contribution in [3.05, 3.63) is 72.1 Å². The van der Waals surface area contributed by atoms with Gasteiger partial charge in [-0.05, 0) is 25.1 Å². The van der Waals surface area contributed by atoms with Crippen LogP contribution in [0, 0.1) is 0 Å². The standard InChI is InChI=1S/C23H23N3O5/c1-15(22(27)24-18-12-13-30-19-11-7-6-10-17(18)19)31-23(28)21-20(29-2)14-26(25-21)16-8-4-3-5-9-16/h3-11,14-15,18H,12-13H2,1-2H3,(H,24,27). The number of hydrogen-bond donors (Lipinski definition) is 1. The number of esters is 1. The fourth-order valence-corrected chi connectivity index (χ4v) is 3.41. The molecule has 0 spiro atoms. The van der Waals surface area contributed by atoms with E-state index in [0.29, 0.717) is 13.0 Å². The first-order valence-electron chi connectivity index (χ1n) is 9.99. The fourth-order valence-electron chi connectivity index (χ4n) is 3.41. The average Bonchev–Trinajstić information content (AvgIpc) is 3.24. The number of methoxy groups -OCH3 is 1. The minimum Gasteiger partial charge on any atom is -0.493 e. The molecule has 4 rings (SSSR count). The van der Waals surface area contributed by atoms with Gasteiger partial charge in [-0.2, -0.15) is 5.10 Å². The first kappa shape index (κ1) is 20.5. The minimum absolute atomic E-state index is 0.00224. The van der Waals surface area contributed by atoms with Gasteiger partial charge in [0.05, 0.1) is 31.6 Å². The molecule has 8 heteroatoms. The lowest BCUT2D eigenvalue weighted by molar-refractivity contribution is -0.130. The highest BCUT2D eigenvalue weighted by atomic mass is 16.6. The van der Waals surface area contributed by atoms with E-state index in [2.05, 4.69) is 10.4 Å². The van der Waals surface area contributed by atoms with Crippen molar-refractivity contribution >= 4 is 11.9 Å². The van der Waals surface area contributed by atoms with Crippen LogP contribution in [-0.2, 0) is 9.53 Å². The summed E-state index contributed by atoms with van der Waals surface area (Å²) in [5.41, 5.74) is 1.68. The zero-order chi connectivity index (χ0) is 21.8. The molecule has 1 N–H and O–H groups in total. The molecule has 1 amide bonds. The van der Waals surface area contributed by atoms with Crippen molar-refractivity contribution in [2.45, 2.75) is 25.5 Å². The maximum atomic E-state index is 12.7. The fraction of sp³-hybridized carbons (Fsp3) is 0.261. The molecular weight excluding hydrogens is 398 g/mol. The number of fused-ring (bicyclic) bond motifs is 1. The summed E-state index contributed by atoms with van der Waals surface area (Å²) in [5, 5.41) is 7.22. The Morgan fingerprint density at radius 2 is 1.90 bits per heavy atom. The van der Waals surface area contributed by atoms with Crippen LogP contribution in [0.25, 0.3) is 5.69 Å². The summed E-state index contributed by atoms with van der Waals surface area (Å²) in [6.45, 7) is 2.03. The first-order valence-corrected chi connectivity index (χ1v) is 9.99. The topological polar surface area (TPSA) is 91.7 Å². The third-order valence-electron chi connectivity index (χ3n) is 5.04. The maximum Gasteiger partial charge on any atom is 0.363 e. The minimum atomic E-state index is -1.01. The van der Waals surface area contributed by atoms with Crippen LogP contribution in [0.5, 0.6) is 11.5 Å². The smallest absolute Gasteiger partial charge is 0.363 e. The van der Waals surface area contributed by atoms with Crippen molar-refractivity contribution in [2.24, 2.45) is 0 Å². The first-order chi connectivity index (χ1) is 15.1. The number of nitrogens with zero attached hydrogens (tertiary/aromatic N) is 2. The molecule has 0 aliphatic carbocycles. The lowest BCUT2D eigenvalue weighted by Gasteiger charge is -2.27. The van der Waals surface area contributed by atoms with E-state index in [1.807, 2.05) is 54.6 Å². The number of amides is 1. The van der Waals surface area contributed by atoms with E-state index in [1.54, 1.807) is 6.20 Å². The Hall–Kier alpha value is -3.81. The van der Waals surface area contributed by atoms with Crippen LogP contribution in [0.4, 0.5) is 0 Å². The van der Waals surface area contributed by atoms with Gasteiger partial charge >= 0.3 is 5.97 Å². The van der Waals surface area contributed by atoms with Crippen LogP contribution in [-0.4, -0.2) is 41.5 Å². The number of benzene rings is 2. The molecule has 2 heterocycles. The highest BCUT2D eigenvalue weighted by Crippen LogP contribution is 2.31. The monoisotopic (exact) mass is 421 g/mol. The predicted molar refractivity (Wildman–Crippen MR) is 112 cm³/mol. The van der Waals surface area contributed by atoms with Crippen LogP contribution < -0.4 is 14.8 Å². The van der Waals surface area contributed by atoms with Crippen LogP contribution >= 0.6 is 0 Å². The van der Waals surface area contributed by atoms with E-state index >= 15 is 0 Å². The van der Waals surface area contributed by atoms with Gasteiger partial charge in [0.25, 0.3) is 5.91 Å². The van der Waals surface area contributed by atoms with Crippen molar-refractivity contribution < 1.29 is 23.8 Å². The van der Waals surface area contributed by atoms with E-state index in [4.69, 9.17) is 14.2 Å². The molecule has 1 aromatic heterocycles. The number of carbonyl (C=O) groups excluding carboxylic acids is 2. The largest absolute Gasteiger partial charge is 0.493 e. The van der Waals surface area contributed by atoms with Gasteiger partial charge in [-0.15, -0.1) is 0 Å². The Kier molecular flexibility index (Phi) is 5.88. The van der Waals surface area contributed by atoms with E-state index in [0.717, 1.165) is 17.0 Å². The molecule has 1 aliphatic rings. The molecule has 0 radical (unpaired) electrons. The Morgan fingerprint density at radius 3 is 2.68 bits per heavy atom. The normalized spacial score (nSPS) is 15.9. The van der Waals surface area contributed by atoms with Gasteiger partial charge < -0.3 is 19.5 Å². The molecular formula is C23H23N3O5. The van der Waals surface area contributed by atoms with Gasteiger partial charge in [0.15, 0.2) is 11.9 Å². The van der Waals surface area contributed by atoms with Crippen LogP contribution in [0.2, 0.25) is 0 Å². The molecule has 0 saturated carbocycles. The van der Waals surface area contributed by atoms with Gasteiger partial charge in [-0.25, -0.2) is 9.48 Å². The Balaban J connectivity index is 1.44. The van der Waals surface area contributed by atoms with E-state index in [9.17, 15) is 9.59 Å². The molecule has 0 fully saturated rings. The highest BCUT2D eigenvalue weighted by Gasteiger charge is 2.28. The number of para-hydroxylation sites is 2. The van der Waals surface area contributed by atoms with Gasteiger partial charge in [-0.3, -0.25) is 4.79 Å². The molecule has 0 bridgehead atoms. The summed E-state index contributed by atoms with van der Waals surface area (Å²) in [6, 6.07) is 16.7. The molecule has 8 nitrogen and oxygen atoms in total. The average molecular weight is 421 g/mol. The molecule has 2 unspecified atom stereocenters. The molecule has 160 valence electrons. The van der Waals surface area contributed by atoms with E-state index in [1.165, 1.54) is 18.7 Å². The molecule has 31 heavy (non-hydrogen) atoms. The molecule has 2 aromatic carbocycles. The Bertz CT molecular complexity index is 1080. The maximum absolute atomic E-state index is 12.7. The number of hydrogen-bond acceptors (Lipinski definition) is 6. The van der Waals surface area contributed by atoms with E-state index < -0.39 is 18.0 Å². The molecule has 0 saturated heterocycles. The van der Waals surface area contributed by atoms with Gasteiger partial charge in [0.1, 0.15) is 5.75 Å². The second-order valence-corrected chi connectivity index (χ2v) is 7.11. The molecule has 3 aromatic rings. The van der Waals surface area contributed by atoms with Crippen molar-refractivity contribution in [1.82, 2.24) is 15.1 Å². The van der Waals surface area contributed by atoms with Gasteiger partial charge in [-0.1, -0.05) is 36.4 Å². The summed E-state index contributed by atoms with van der Waals surface area (Å²) < 4.78 is 17.8. The number of rotatable bonds is 6. The van der Waals surface area contributed by atoms with Crippen LogP contribution in [0.15, 0.2) is 60.8 Å². The summed E-state index contributed by atoms with van der Waals surface area (Å²) >= 11 is 0. The Labute approximate surface area is 179 Å². The summed E-state index contributed by atoms with van der Waals surface area (Å²) in [7, 11) is 1.45. The third-order valence-corrected chi connectivity index (χ3v) is 5.04. The number of nitrogens with one attached hydrogen (secondary N) is 1. The van der Waals surface area contributed by atoms with Gasteiger partial charge in [0, 0.05) is 12.0 Å². The Morgan fingerprint density at radius 1 is 1.16 bits per heavy atom. The SMILES string of the molecule is COc1cn(-c2ccccc2)nc1C(=O)OC(C)C(=O)NC1CCOc2ccccc21. The lowest BCUT2D eigenvalue weighted by Crippen LogP contribution is -2.39. The van der Waals surface area contributed by atoms with Crippen molar-refractivity contribution in [2.75, 3.05) is 13.7 Å². The molecule has 1 aliphatic heterocycles. The quantitative estimate of drug-likeness (QED) is 0.615. The van der Waals surface area contributed by atoms with Crippen molar-refractivity contribution in [1.29, 1.82) is 0 Å². The predicted octanol–water partition coefficient (Wildman–Crippen LogP) is 3.07. The summed E-state index contributed by atoms with van der Waals surface area (Å²) in [5.74, 6) is -0.113. The zero-order valence-corrected chi connectivity index (χ0v) is 17.3. The second kappa shape index (κ2) is 8.91. The van der Waals surface area contributed by atoms with Crippen LogP contribution in [0.3, 0.4) is 0 Å². The highest BCUT2D eigenvalue weighted by molar-refractivity contribution is 5.93. The van der Waals surface area contributed by atoms with Crippen molar-refractivity contribution in [3.8, 4) is 17.2 Å². The van der Waals surface area contributed by atoms with E-state index in [-0.39, 0.29) is 17.5 Å². The van der Waals surface area contributed by atoms with Gasteiger partial charge in [0.2, 0.25) is 5.69 Å². The second-order valence-electron chi connectivity index (χ2n) is 7.11. The zero-order valence-electron chi connectivity index (χ0n) is 17.3. The lowest BCUT2D eigenvalue weighted by atomic mass is 10.0. The van der Waals surface area contributed by atoms with Crippen LogP contribution in [0.1, 0.15) is 35.4 Å².